The van der Waals surface area contributed by atoms with E-state index < -0.39 is 16.0 Å². The fraction of sp³-hybridized carbons (Fsp3) is 0.400. The molecule has 2 aromatic rings. The number of hydrogen-bond acceptors (Lipinski definition) is 7. The number of esters is 1. The normalized spacial score (nSPS) is 14.9. The van der Waals surface area contributed by atoms with E-state index in [2.05, 4.69) is 5.32 Å². The average Bonchev–Trinajstić information content (AvgIpc) is 3.06. The summed E-state index contributed by atoms with van der Waals surface area (Å²) in [5.41, 5.74) is 1.34. The van der Waals surface area contributed by atoms with Crippen LogP contribution in [-0.4, -0.2) is 69.1 Å². The molecule has 11 heteroatoms. The van der Waals surface area contributed by atoms with Crippen LogP contribution in [0.4, 0.5) is 5.00 Å². The van der Waals surface area contributed by atoms with Gasteiger partial charge in [-0.2, -0.15) is 4.31 Å². The summed E-state index contributed by atoms with van der Waals surface area (Å²) in [6.45, 7) is 5.31. The van der Waals surface area contributed by atoms with Crippen LogP contribution in [0.2, 0.25) is 0 Å². The van der Waals surface area contributed by atoms with Crippen molar-refractivity contribution in [3.05, 3.63) is 40.3 Å². The Balaban J connectivity index is 1.66. The minimum atomic E-state index is -3.59. The highest BCUT2D eigenvalue weighted by molar-refractivity contribution is 7.89. The quantitative estimate of drug-likeness (QED) is 0.513. The van der Waals surface area contributed by atoms with Crippen LogP contribution in [0, 0.1) is 13.8 Å². The number of ether oxygens (including phenoxy) is 2. The monoisotopic (exact) mass is 483 g/mol. The molecule has 0 spiro atoms. The van der Waals surface area contributed by atoms with Crippen molar-refractivity contribution >= 4 is 49.7 Å². The molecule has 0 radical (unpaired) electrons. The first kappa shape index (κ1) is 23.5. The van der Waals surface area contributed by atoms with Gasteiger partial charge in [0.2, 0.25) is 10.0 Å². The number of rotatable bonds is 5. The van der Waals surface area contributed by atoms with Crippen LogP contribution in [0.25, 0.3) is 0 Å². The maximum atomic E-state index is 12.9. The van der Waals surface area contributed by atoms with Gasteiger partial charge in [0, 0.05) is 31.1 Å². The maximum absolute atomic E-state index is 12.9. The number of anilines is 1. The van der Waals surface area contributed by atoms with Crippen molar-refractivity contribution < 1.29 is 22.7 Å². The van der Waals surface area contributed by atoms with Gasteiger partial charge in [0.05, 0.1) is 24.7 Å². The van der Waals surface area contributed by atoms with Crippen LogP contribution in [-0.2, 0) is 14.8 Å². The summed E-state index contributed by atoms with van der Waals surface area (Å²) in [5, 5.41) is 4.24. The largest absolute Gasteiger partial charge is 0.497 e. The van der Waals surface area contributed by atoms with E-state index >= 15 is 0 Å². The number of carbonyl (C=O) groups excluding carboxylic acids is 1. The first-order valence-corrected chi connectivity index (χ1v) is 12.2. The lowest BCUT2D eigenvalue weighted by atomic mass is 10.1. The number of nitrogens with one attached hydrogen (secondary N) is 1. The summed E-state index contributed by atoms with van der Waals surface area (Å²) in [5.74, 6) is 0.188. The van der Waals surface area contributed by atoms with Crippen molar-refractivity contribution in [2.24, 2.45) is 0 Å². The van der Waals surface area contributed by atoms with Gasteiger partial charge < -0.3 is 19.7 Å². The number of thiophene rings is 1. The van der Waals surface area contributed by atoms with E-state index in [-0.39, 0.29) is 4.90 Å². The molecule has 1 aliphatic rings. The van der Waals surface area contributed by atoms with Gasteiger partial charge in [-0.1, -0.05) is 0 Å². The third-order valence-electron chi connectivity index (χ3n) is 5.22. The second-order valence-electron chi connectivity index (χ2n) is 6.98. The molecule has 0 unspecified atom stereocenters. The number of piperazine rings is 1. The van der Waals surface area contributed by atoms with E-state index in [4.69, 9.17) is 21.7 Å². The van der Waals surface area contributed by atoms with Crippen molar-refractivity contribution in [3.8, 4) is 5.75 Å². The van der Waals surface area contributed by atoms with Gasteiger partial charge in [0.15, 0.2) is 5.11 Å². The first-order chi connectivity index (χ1) is 14.7. The molecule has 1 saturated heterocycles. The maximum Gasteiger partial charge on any atom is 0.341 e. The Kier molecular flexibility index (Phi) is 7.20. The number of carbonyl (C=O) groups is 1. The summed E-state index contributed by atoms with van der Waals surface area (Å²) in [7, 11) is -0.709. The molecule has 0 atom stereocenters. The Morgan fingerprint density at radius 3 is 2.26 bits per heavy atom. The van der Waals surface area contributed by atoms with Gasteiger partial charge >= 0.3 is 5.97 Å². The number of hydrogen-bond donors (Lipinski definition) is 1. The van der Waals surface area contributed by atoms with Crippen LogP contribution in [0.3, 0.4) is 0 Å². The molecule has 2 heterocycles. The van der Waals surface area contributed by atoms with E-state index in [0.717, 1.165) is 10.4 Å². The highest BCUT2D eigenvalue weighted by Crippen LogP contribution is 2.33. The lowest BCUT2D eigenvalue weighted by Crippen LogP contribution is -2.51. The Labute approximate surface area is 191 Å². The molecule has 0 bridgehead atoms. The highest BCUT2D eigenvalue weighted by Gasteiger charge is 2.30. The van der Waals surface area contributed by atoms with E-state index in [1.807, 2.05) is 18.7 Å². The molecule has 1 fully saturated rings. The van der Waals surface area contributed by atoms with Crippen molar-refractivity contribution in [1.29, 1.82) is 0 Å². The molecule has 1 N–H and O–H groups in total. The molecule has 0 aliphatic carbocycles. The fourth-order valence-corrected chi connectivity index (χ4v) is 6.09. The van der Waals surface area contributed by atoms with E-state index in [0.29, 0.717) is 47.6 Å². The van der Waals surface area contributed by atoms with E-state index in [1.165, 1.54) is 29.9 Å². The van der Waals surface area contributed by atoms with Gasteiger partial charge in [0.1, 0.15) is 10.8 Å². The van der Waals surface area contributed by atoms with E-state index in [1.54, 1.807) is 24.3 Å². The highest BCUT2D eigenvalue weighted by atomic mass is 32.2. The van der Waals surface area contributed by atoms with Crippen molar-refractivity contribution in [2.75, 3.05) is 45.7 Å². The molecule has 8 nitrogen and oxygen atoms in total. The van der Waals surface area contributed by atoms with Crippen LogP contribution < -0.4 is 10.1 Å². The molecular formula is C20H25N3O5S3. The van der Waals surface area contributed by atoms with Crippen molar-refractivity contribution in [2.45, 2.75) is 18.7 Å². The lowest BCUT2D eigenvalue weighted by molar-refractivity contribution is 0.0601. The number of methoxy groups -OCH3 is 2. The smallest absolute Gasteiger partial charge is 0.341 e. The fourth-order valence-electron chi connectivity index (χ4n) is 3.27. The van der Waals surface area contributed by atoms with Crippen LogP contribution in [0.15, 0.2) is 29.2 Å². The number of nitrogens with zero attached hydrogens (tertiary/aromatic N) is 2. The summed E-state index contributed by atoms with van der Waals surface area (Å²) in [6.07, 6.45) is 0. The molecule has 31 heavy (non-hydrogen) atoms. The Hall–Kier alpha value is -2.21. The predicted octanol–water partition coefficient (Wildman–Crippen LogP) is 2.86. The Morgan fingerprint density at radius 2 is 1.71 bits per heavy atom. The summed E-state index contributed by atoms with van der Waals surface area (Å²) >= 11 is 6.97. The molecule has 168 valence electrons. The standard InChI is InChI=1S/C20H25N3O5S3/c1-13-14(2)30-18(17(13)19(24)28-4)21-20(29)22-9-11-23(12-10-22)31(25,26)16-7-5-15(27-3)6-8-16/h5-8H,9-12H2,1-4H3,(H,21,29). The number of aryl methyl sites for hydroxylation is 1. The predicted molar refractivity (Wildman–Crippen MR) is 125 cm³/mol. The second kappa shape index (κ2) is 9.51. The molecule has 0 saturated carbocycles. The Morgan fingerprint density at radius 1 is 1.10 bits per heavy atom. The second-order valence-corrected chi connectivity index (χ2v) is 10.5. The lowest BCUT2D eigenvalue weighted by Gasteiger charge is -2.35. The van der Waals surface area contributed by atoms with Crippen molar-refractivity contribution in [1.82, 2.24) is 9.21 Å². The van der Waals surface area contributed by atoms with Crippen LogP contribution in [0.1, 0.15) is 20.8 Å². The molecule has 1 aromatic heterocycles. The van der Waals surface area contributed by atoms with E-state index in [9.17, 15) is 13.2 Å². The minimum Gasteiger partial charge on any atom is -0.497 e. The minimum absolute atomic E-state index is 0.231. The summed E-state index contributed by atoms with van der Waals surface area (Å²) in [6, 6.07) is 6.35. The number of sulfonamides is 1. The van der Waals surface area contributed by atoms with Gasteiger partial charge in [0.25, 0.3) is 0 Å². The van der Waals surface area contributed by atoms with Gasteiger partial charge in [-0.15, -0.1) is 11.3 Å². The first-order valence-electron chi connectivity index (χ1n) is 9.57. The molecular weight excluding hydrogens is 458 g/mol. The third kappa shape index (κ3) is 4.84. The average molecular weight is 484 g/mol. The van der Waals surface area contributed by atoms with Crippen LogP contribution in [0.5, 0.6) is 5.75 Å². The zero-order chi connectivity index (χ0) is 22.8. The molecule has 1 aromatic carbocycles. The molecule has 3 rings (SSSR count). The molecule has 1 aliphatic heterocycles. The van der Waals surface area contributed by atoms with Crippen LogP contribution >= 0.6 is 23.6 Å². The SMILES string of the molecule is COC(=O)c1c(NC(=S)N2CCN(S(=O)(=O)c3ccc(OC)cc3)CC2)sc(C)c1C. The zero-order valence-corrected chi connectivity index (χ0v) is 20.2. The number of benzene rings is 1. The third-order valence-corrected chi connectivity index (χ3v) is 8.61. The summed E-state index contributed by atoms with van der Waals surface area (Å²) in [4.78, 5) is 15.3. The van der Waals surface area contributed by atoms with Gasteiger partial charge in [-0.25, -0.2) is 13.2 Å². The van der Waals surface area contributed by atoms with Gasteiger partial charge in [-0.05, 0) is 55.9 Å². The number of thiocarbonyl (C=S) groups is 1. The topological polar surface area (TPSA) is 88.2 Å². The summed E-state index contributed by atoms with van der Waals surface area (Å²) < 4.78 is 37.3. The molecule has 0 amide bonds. The van der Waals surface area contributed by atoms with Crippen molar-refractivity contribution in [3.63, 3.8) is 0 Å². The zero-order valence-electron chi connectivity index (χ0n) is 17.8. The van der Waals surface area contributed by atoms with Gasteiger partial charge in [-0.3, -0.25) is 0 Å². The Bertz CT molecular complexity index is 1070.